The molecule has 0 saturated carbocycles. The average Bonchev–Trinajstić information content (AvgIpc) is 2.75. The van der Waals surface area contributed by atoms with Crippen LogP contribution in [-0.4, -0.2) is 27.0 Å². The third kappa shape index (κ3) is 2.38. The van der Waals surface area contributed by atoms with Crippen LogP contribution in [0.3, 0.4) is 0 Å². The zero-order valence-electron chi connectivity index (χ0n) is 9.30. The topological polar surface area (TPSA) is 59.3 Å². The van der Waals surface area contributed by atoms with Gasteiger partial charge in [-0.25, -0.2) is 9.50 Å². The minimum atomic E-state index is -0.127. The molecule has 0 spiro atoms. The highest BCUT2D eigenvalue weighted by Gasteiger charge is 2.11. The van der Waals surface area contributed by atoms with Gasteiger partial charge in [-0.2, -0.15) is 5.10 Å². The molecule has 0 unspecified atom stereocenters. The number of imidazole rings is 1. The number of carbonyl (C=O) groups excluding carboxylic acids is 1. The Morgan fingerprint density at radius 1 is 1.62 bits per heavy atom. The van der Waals surface area contributed by atoms with Crippen molar-refractivity contribution in [3.8, 4) is 0 Å². The van der Waals surface area contributed by atoms with Crippen molar-refractivity contribution in [1.29, 1.82) is 0 Å². The molecule has 0 aromatic carbocycles. The maximum atomic E-state index is 11.7. The molecule has 16 heavy (non-hydrogen) atoms. The summed E-state index contributed by atoms with van der Waals surface area (Å²) in [5, 5.41) is 6.87. The number of nitrogens with zero attached hydrogens (tertiary/aromatic N) is 3. The highest BCUT2D eigenvalue weighted by molar-refractivity contribution is 7.14. The highest BCUT2D eigenvalue weighted by Crippen LogP contribution is 2.08. The summed E-state index contributed by atoms with van der Waals surface area (Å²) in [6.45, 7) is 4.94. The molecule has 0 saturated heterocycles. The quantitative estimate of drug-likeness (QED) is 0.879. The fraction of sp³-hybridized carbons (Fsp3) is 0.500. The molecule has 2 heterocycles. The Bertz CT molecular complexity index is 459. The van der Waals surface area contributed by atoms with E-state index < -0.39 is 0 Å². The zero-order chi connectivity index (χ0) is 11.5. The van der Waals surface area contributed by atoms with Crippen LogP contribution in [-0.2, 0) is 0 Å². The van der Waals surface area contributed by atoms with Gasteiger partial charge in [0.1, 0.15) is 11.2 Å². The van der Waals surface area contributed by atoms with E-state index in [4.69, 9.17) is 0 Å². The van der Waals surface area contributed by atoms with Gasteiger partial charge in [0.15, 0.2) is 0 Å². The molecule has 1 N–H and O–H groups in total. The van der Waals surface area contributed by atoms with Crippen LogP contribution in [0.1, 0.15) is 30.8 Å². The normalized spacial score (nSPS) is 11.2. The van der Waals surface area contributed by atoms with E-state index in [0.29, 0.717) is 18.2 Å². The van der Waals surface area contributed by atoms with Gasteiger partial charge in [0.2, 0.25) is 4.96 Å². The standard InChI is InChI=1S/C10H14N4OS/c1-7(2)3-4-11-9(15)8-5-14-10(13-8)16-6-12-14/h5-7H,3-4H2,1-2H3,(H,11,15). The van der Waals surface area contributed by atoms with Gasteiger partial charge in [-0.05, 0) is 12.3 Å². The predicted octanol–water partition coefficient (Wildman–Crippen LogP) is 1.57. The van der Waals surface area contributed by atoms with E-state index in [-0.39, 0.29) is 5.91 Å². The first kappa shape index (κ1) is 11.1. The summed E-state index contributed by atoms with van der Waals surface area (Å²) in [4.78, 5) is 16.6. The molecule has 0 aliphatic heterocycles. The third-order valence-electron chi connectivity index (χ3n) is 2.23. The summed E-state index contributed by atoms with van der Waals surface area (Å²) in [7, 11) is 0. The molecule has 2 aromatic heterocycles. The van der Waals surface area contributed by atoms with Crippen LogP contribution in [0.15, 0.2) is 11.7 Å². The molecule has 0 radical (unpaired) electrons. The fourth-order valence-corrected chi connectivity index (χ4v) is 1.91. The van der Waals surface area contributed by atoms with Crippen LogP contribution in [0.25, 0.3) is 4.96 Å². The van der Waals surface area contributed by atoms with Gasteiger partial charge in [0, 0.05) is 6.54 Å². The molecule has 2 aromatic rings. The first-order valence-electron chi connectivity index (χ1n) is 5.24. The number of aromatic nitrogens is 3. The second kappa shape index (κ2) is 4.61. The number of hydrogen-bond acceptors (Lipinski definition) is 4. The Morgan fingerprint density at radius 2 is 2.44 bits per heavy atom. The summed E-state index contributed by atoms with van der Waals surface area (Å²) in [6.07, 6.45) is 2.63. The van der Waals surface area contributed by atoms with Crippen LogP contribution in [0.2, 0.25) is 0 Å². The first-order chi connectivity index (χ1) is 7.66. The van der Waals surface area contributed by atoms with E-state index in [1.54, 1.807) is 16.2 Å². The lowest BCUT2D eigenvalue weighted by atomic mass is 10.1. The average molecular weight is 238 g/mol. The molecule has 5 nitrogen and oxygen atoms in total. The molecule has 86 valence electrons. The molecule has 6 heteroatoms. The van der Waals surface area contributed by atoms with Crippen molar-refractivity contribution in [2.45, 2.75) is 20.3 Å². The Morgan fingerprint density at radius 3 is 3.12 bits per heavy atom. The van der Waals surface area contributed by atoms with Gasteiger partial charge in [-0.15, -0.1) is 0 Å². The van der Waals surface area contributed by atoms with Crippen molar-refractivity contribution in [3.05, 3.63) is 17.4 Å². The highest BCUT2D eigenvalue weighted by atomic mass is 32.1. The van der Waals surface area contributed by atoms with Crippen LogP contribution in [0.5, 0.6) is 0 Å². The lowest BCUT2D eigenvalue weighted by molar-refractivity contribution is 0.0947. The fourth-order valence-electron chi connectivity index (χ4n) is 1.31. The van der Waals surface area contributed by atoms with Crippen molar-refractivity contribution in [2.75, 3.05) is 6.54 Å². The van der Waals surface area contributed by atoms with E-state index in [9.17, 15) is 4.79 Å². The molecule has 0 atom stereocenters. The van der Waals surface area contributed by atoms with Gasteiger partial charge in [-0.1, -0.05) is 25.2 Å². The van der Waals surface area contributed by atoms with Crippen LogP contribution in [0, 0.1) is 5.92 Å². The largest absolute Gasteiger partial charge is 0.351 e. The minimum absolute atomic E-state index is 0.127. The zero-order valence-corrected chi connectivity index (χ0v) is 10.1. The molecule has 0 bridgehead atoms. The maximum absolute atomic E-state index is 11.7. The van der Waals surface area contributed by atoms with Gasteiger partial charge < -0.3 is 5.32 Å². The van der Waals surface area contributed by atoms with Crippen molar-refractivity contribution in [3.63, 3.8) is 0 Å². The Labute approximate surface area is 97.5 Å². The second-order valence-corrected chi connectivity index (χ2v) is 4.84. The second-order valence-electron chi connectivity index (χ2n) is 4.03. The van der Waals surface area contributed by atoms with E-state index in [1.807, 2.05) is 0 Å². The molecule has 1 amide bonds. The molecular formula is C10H14N4OS. The molecular weight excluding hydrogens is 224 g/mol. The summed E-state index contributed by atoms with van der Waals surface area (Å²) in [5.74, 6) is 0.464. The monoisotopic (exact) mass is 238 g/mol. The number of rotatable bonds is 4. The Balaban J connectivity index is 1.97. The van der Waals surface area contributed by atoms with Crippen molar-refractivity contribution in [1.82, 2.24) is 19.9 Å². The van der Waals surface area contributed by atoms with Crippen LogP contribution >= 0.6 is 11.3 Å². The minimum Gasteiger partial charge on any atom is -0.351 e. The first-order valence-corrected chi connectivity index (χ1v) is 6.12. The van der Waals surface area contributed by atoms with Gasteiger partial charge in [0.25, 0.3) is 5.91 Å². The number of carbonyl (C=O) groups is 1. The molecule has 2 rings (SSSR count). The van der Waals surface area contributed by atoms with E-state index in [2.05, 4.69) is 29.2 Å². The SMILES string of the molecule is CC(C)CCNC(=O)c1cn2ncsc2n1. The summed E-state index contributed by atoms with van der Waals surface area (Å²) < 4.78 is 1.61. The third-order valence-corrected chi connectivity index (χ3v) is 2.92. The smallest absolute Gasteiger partial charge is 0.271 e. The van der Waals surface area contributed by atoms with Crippen LogP contribution < -0.4 is 5.32 Å². The van der Waals surface area contributed by atoms with E-state index in [1.165, 1.54) is 11.3 Å². The summed E-state index contributed by atoms with van der Waals surface area (Å²) in [5.41, 5.74) is 2.13. The number of nitrogens with one attached hydrogen (secondary N) is 1. The van der Waals surface area contributed by atoms with Gasteiger partial charge in [-0.3, -0.25) is 4.79 Å². The van der Waals surface area contributed by atoms with Crippen molar-refractivity contribution < 1.29 is 4.79 Å². The Kier molecular flexibility index (Phi) is 3.19. The number of fused-ring (bicyclic) bond motifs is 1. The lowest BCUT2D eigenvalue weighted by Crippen LogP contribution is -2.25. The van der Waals surface area contributed by atoms with Crippen molar-refractivity contribution in [2.24, 2.45) is 5.92 Å². The van der Waals surface area contributed by atoms with Gasteiger partial charge in [0.05, 0.1) is 6.20 Å². The van der Waals surface area contributed by atoms with Gasteiger partial charge >= 0.3 is 0 Å². The molecule has 0 fully saturated rings. The van der Waals surface area contributed by atoms with E-state index in [0.717, 1.165) is 11.4 Å². The number of hydrogen-bond donors (Lipinski definition) is 1. The lowest BCUT2D eigenvalue weighted by Gasteiger charge is -2.04. The summed E-state index contributed by atoms with van der Waals surface area (Å²) >= 11 is 1.42. The predicted molar refractivity (Wildman–Crippen MR) is 62.7 cm³/mol. The van der Waals surface area contributed by atoms with Crippen molar-refractivity contribution >= 4 is 22.2 Å². The summed E-state index contributed by atoms with van der Waals surface area (Å²) in [6, 6.07) is 0. The van der Waals surface area contributed by atoms with Crippen LogP contribution in [0.4, 0.5) is 0 Å². The molecule has 0 aliphatic rings. The number of amides is 1. The maximum Gasteiger partial charge on any atom is 0.271 e. The Hall–Kier alpha value is -1.43. The molecule has 0 aliphatic carbocycles. The van der Waals surface area contributed by atoms with E-state index >= 15 is 0 Å².